The smallest absolute Gasteiger partial charge is 0.287 e. The van der Waals surface area contributed by atoms with Crippen LogP contribution in [0.2, 0.25) is 0 Å². The fourth-order valence-electron chi connectivity index (χ4n) is 3.00. The van der Waals surface area contributed by atoms with Gasteiger partial charge in [-0.05, 0) is 98.8 Å². The first-order valence-corrected chi connectivity index (χ1v) is 12.1. The number of phenolic OH excluding ortho intramolecular Hbond substituents is 1. The molecule has 4 rings (SSSR count). The van der Waals surface area contributed by atoms with E-state index in [1.807, 2.05) is 45.2 Å². The topological polar surface area (TPSA) is 109 Å². The highest BCUT2D eigenvalue weighted by atomic mass is 127. The number of benzene rings is 3. The number of fused-ring (bicyclic) bond motifs is 1. The standard InChI is InChI=1S/C24H17I2N3O5/c25-17-8-15(9-18(26)22(17)30)12-27-29-24(32)19(28-23(31)16-4-2-1-3-5-16)10-14-6-7-20-21(11-14)34-13-33-20/h1-12,30H,13H2,(H,28,31)(H,29,32)/b19-10+,27-12+. The number of hydrazone groups is 1. The molecule has 1 heterocycles. The van der Waals surface area contributed by atoms with Gasteiger partial charge in [0, 0.05) is 5.56 Å². The molecule has 0 unspecified atom stereocenters. The molecule has 0 aliphatic carbocycles. The number of phenols is 1. The van der Waals surface area contributed by atoms with Crippen LogP contribution in [0.1, 0.15) is 21.5 Å². The molecule has 0 spiro atoms. The van der Waals surface area contributed by atoms with E-state index in [1.165, 1.54) is 12.3 Å². The molecule has 8 nitrogen and oxygen atoms in total. The van der Waals surface area contributed by atoms with Crippen molar-refractivity contribution in [3.05, 3.63) is 90.2 Å². The highest BCUT2D eigenvalue weighted by molar-refractivity contribution is 14.1. The molecular formula is C24H17I2N3O5. The highest BCUT2D eigenvalue weighted by Crippen LogP contribution is 2.33. The Bertz CT molecular complexity index is 1290. The summed E-state index contributed by atoms with van der Waals surface area (Å²) in [6.45, 7) is 0.129. The van der Waals surface area contributed by atoms with Crippen molar-refractivity contribution in [3.8, 4) is 17.2 Å². The third-order valence-corrected chi connectivity index (χ3v) is 6.30. The number of nitrogens with one attached hydrogen (secondary N) is 2. The summed E-state index contributed by atoms with van der Waals surface area (Å²) >= 11 is 4.03. The van der Waals surface area contributed by atoms with Crippen LogP contribution in [-0.2, 0) is 4.79 Å². The van der Waals surface area contributed by atoms with Gasteiger partial charge in [0.15, 0.2) is 11.5 Å². The first-order chi connectivity index (χ1) is 16.4. The number of hydrogen-bond acceptors (Lipinski definition) is 6. The molecule has 0 atom stereocenters. The lowest BCUT2D eigenvalue weighted by Crippen LogP contribution is -2.32. The summed E-state index contributed by atoms with van der Waals surface area (Å²) in [5, 5.41) is 16.6. The zero-order valence-corrected chi connectivity index (χ0v) is 21.7. The minimum atomic E-state index is -0.610. The van der Waals surface area contributed by atoms with Crippen molar-refractivity contribution in [2.75, 3.05) is 6.79 Å². The molecular weight excluding hydrogens is 664 g/mol. The Hall–Kier alpha value is -3.13. The monoisotopic (exact) mass is 681 g/mol. The van der Waals surface area contributed by atoms with Crippen molar-refractivity contribution in [3.63, 3.8) is 0 Å². The molecule has 0 fully saturated rings. The molecule has 172 valence electrons. The summed E-state index contributed by atoms with van der Waals surface area (Å²) in [5.74, 6) is 0.312. The minimum Gasteiger partial charge on any atom is -0.506 e. The molecule has 3 aromatic rings. The number of nitrogens with zero attached hydrogens (tertiary/aromatic N) is 1. The second kappa shape index (κ2) is 10.9. The average molecular weight is 681 g/mol. The van der Waals surface area contributed by atoms with Crippen molar-refractivity contribution in [2.24, 2.45) is 5.10 Å². The molecule has 1 aliphatic rings. The Morgan fingerprint density at radius 2 is 1.65 bits per heavy atom. The van der Waals surface area contributed by atoms with Gasteiger partial charge in [0.1, 0.15) is 11.4 Å². The zero-order chi connectivity index (χ0) is 24.1. The summed E-state index contributed by atoms with van der Waals surface area (Å²) < 4.78 is 12.0. The lowest BCUT2D eigenvalue weighted by Gasteiger charge is -2.09. The summed E-state index contributed by atoms with van der Waals surface area (Å²) in [5.41, 5.74) is 4.17. The lowest BCUT2D eigenvalue weighted by molar-refractivity contribution is -0.117. The van der Waals surface area contributed by atoms with Crippen molar-refractivity contribution < 1.29 is 24.2 Å². The van der Waals surface area contributed by atoms with Crippen LogP contribution in [0.5, 0.6) is 17.2 Å². The maximum Gasteiger partial charge on any atom is 0.287 e. The second-order valence-corrected chi connectivity index (χ2v) is 9.35. The van der Waals surface area contributed by atoms with Crippen LogP contribution in [0.25, 0.3) is 6.08 Å². The van der Waals surface area contributed by atoms with Gasteiger partial charge in [-0.1, -0.05) is 24.3 Å². The van der Waals surface area contributed by atoms with Gasteiger partial charge < -0.3 is 19.9 Å². The lowest BCUT2D eigenvalue weighted by atomic mass is 10.1. The third-order valence-electron chi connectivity index (χ3n) is 4.66. The predicted octanol–water partition coefficient (Wildman–Crippen LogP) is 4.25. The van der Waals surface area contributed by atoms with Gasteiger partial charge in [-0.15, -0.1) is 0 Å². The number of carbonyl (C=O) groups excluding carboxylic acids is 2. The average Bonchev–Trinajstić information content (AvgIpc) is 3.30. The van der Waals surface area contributed by atoms with Gasteiger partial charge in [0.05, 0.1) is 13.4 Å². The molecule has 0 saturated carbocycles. The number of ether oxygens (including phenoxy) is 2. The van der Waals surface area contributed by atoms with E-state index in [0.29, 0.717) is 35.3 Å². The molecule has 3 aromatic carbocycles. The van der Waals surface area contributed by atoms with E-state index < -0.39 is 11.8 Å². The van der Waals surface area contributed by atoms with Crippen LogP contribution in [0, 0.1) is 7.14 Å². The quantitative estimate of drug-likeness (QED) is 0.156. The number of halogens is 2. The van der Waals surface area contributed by atoms with E-state index in [0.717, 1.165) is 0 Å². The largest absolute Gasteiger partial charge is 0.506 e. The van der Waals surface area contributed by atoms with Crippen LogP contribution < -0.4 is 20.2 Å². The zero-order valence-electron chi connectivity index (χ0n) is 17.4. The maximum atomic E-state index is 12.9. The Kier molecular flexibility index (Phi) is 7.67. The van der Waals surface area contributed by atoms with Crippen molar-refractivity contribution in [1.29, 1.82) is 0 Å². The number of aromatic hydroxyl groups is 1. The van der Waals surface area contributed by atoms with Crippen LogP contribution in [0.15, 0.2) is 71.5 Å². The molecule has 1 aliphatic heterocycles. The SMILES string of the molecule is O=C(N/N=C/c1cc(I)c(O)c(I)c1)/C(=C\c1ccc2c(c1)OCO2)NC(=O)c1ccccc1. The van der Waals surface area contributed by atoms with Crippen LogP contribution >= 0.6 is 45.2 Å². The van der Waals surface area contributed by atoms with Crippen molar-refractivity contribution in [2.45, 2.75) is 0 Å². The van der Waals surface area contributed by atoms with E-state index >= 15 is 0 Å². The summed E-state index contributed by atoms with van der Waals surface area (Å²) in [6, 6.07) is 17.2. The predicted molar refractivity (Wildman–Crippen MR) is 144 cm³/mol. The van der Waals surface area contributed by atoms with Gasteiger partial charge in [-0.25, -0.2) is 5.43 Å². The van der Waals surface area contributed by atoms with Crippen molar-refractivity contribution >= 4 is 69.3 Å². The fourth-order valence-corrected chi connectivity index (χ4v) is 4.81. The van der Waals surface area contributed by atoms with Gasteiger partial charge in [0.2, 0.25) is 6.79 Å². The Balaban J connectivity index is 1.56. The van der Waals surface area contributed by atoms with Crippen LogP contribution in [0.3, 0.4) is 0 Å². The third kappa shape index (κ3) is 5.86. The number of hydrogen-bond donors (Lipinski definition) is 3. The molecule has 0 radical (unpaired) electrons. The molecule has 0 bridgehead atoms. The second-order valence-electron chi connectivity index (χ2n) is 7.02. The number of rotatable bonds is 6. The van der Waals surface area contributed by atoms with E-state index in [2.05, 4.69) is 15.8 Å². The summed E-state index contributed by atoms with van der Waals surface area (Å²) in [6.07, 6.45) is 2.99. The van der Waals surface area contributed by atoms with Crippen LogP contribution in [0.4, 0.5) is 0 Å². The number of carbonyl (C=O) groups is 2. The van der Waals surface area contributed by atoms with Gasteiger partial charge in [-0.2, -0.15) is 5.10 Å². The van der Waals surface area contributed by atoms with Gasteiger partial charge >= 0.3 is 0 Å². The molecule has 3 N–H and O–H groups in total. The van der Waals surface area contributed by atoms with Gasteiger partial charge in [0.25, 0.3) is 11.8 Å². The Morgan fingerprint density at radius 3 is 2.38 bits per heavy atom. The van der Waals surface area contributed by atoms with E-state index in [1.54, 1.807) is 60.7 Å². The normalized spacial score (nSPS) is 12.6. The van der Waals surface area contributed by atoms with E-state index in [-0.39, 0.29) is 18.2 Å². The summed E-state index contributed by atoms with van der Waals surface area (Å²) in [7, 11) is 0. The highest BCUT2D eigenvalue weighted by Gasteiger charge is 2.17. The maximum absolute atomic E-state index is 12.9. The first kappa shape index (κ1) is 24.0. The summed E-state index contributed by atoms with van der Waals surface area (Å²) in [4.78, 5) is 25.6. The fraction of sp³-hybridized carbons (Fsp3) is 0.0417. The van der Waals surface area contributed by atoms with E-state index in [9.17, 15) is 14.7 Å². The number of amides is 2. The molecule has 34 heavy (non-hydrogen) atoms. The van der Waals surface area contributed by atoms with Crippen LogP contribution in [-0.4, -0.2) is 29.9 Å². The van der Waals surface area contributed by atoms with E-state index in [4.69, 9.17) is 9.47 Å². The molecule has 0 aromatic heterocycles. The molecule has 2 amide bonds. The molecule has 10 heteroatoms. The first-order valence-electron chi connectivity index (χ1n) is 9.90. The van der Waals surface area contributed by atoms with Crippen molar-refractivity contribution in [1.82, 2.24) is 10.7 Å². The Morgan fingerprint density at radius 1 is 0.941 bits per heavy atom. The van der Waals surface area contributed by atoms with Gasteiger partial charge in [-0.3, -0.25) is 9.59 Å². The minimum absolute atomic E-state index is 0.000245. The molecule has 0 saturated heterocycles. The Labute approximate surface area is 222 Å².